The minimum Gasteiger partial charge on any atom is -0.322 e. The number of para-hydroxylation sites is 1. The minimum atomic E-state index is -0.107. The summed E-state index contributed by atoms with van der Waals surface area (Å²) in [5, 5.41) is 0.670. The van der Waals surface area contributed by atoms with Crippen molar-refractivity contribution in [2.24, 2.45) is 5.92 Å². The summed E-state index contributed by atoms with van der Waals surface area (Å²) in [5.41, 5.74) is 2.02. The Morgan fingerprint density at radius 1 is 1.24 bits per heavy atom. The number of alkyl halides is 1. The lowest BCUT2D eigenvalue weighted by Crippen LogP contribution is -2.19. The summed E-state index contributed by atoms with van der Waals surface area (Å²) >= 11 is 12.9. The topological polar surface area (TPSA) is 17.8 Å². The maximum atomic E-state index is 6.48. The van der Waals surface area contributed by atoms with E-state index in [0.29, 0.717) is 12.0 Å². The monoisotopic (exact) mass is 324 g/mol. The lowest BCUT2D eigenvalue weighted by molar-refractivity contribution is 0.333. The number of imidazole rings is 1. The molecule has 0 saturated heterocycles. The molecule has 4 heteroatoms. The van der Waals surface area contributed by atoms with E-state index in [9.17, 15) is 0 Å². The van der Waals surface area contributed by atoms with Gasteiger partial charge in [-0.2, -0.15) is 0 Å². The first-order chi connectivity index (χ1) is 10.1. The molecule has 1 heterocycles. The molecule has 3 unspecified atom stereocenters. The van der Waals surface area contributed by atoms with Gasteiger partial charge in [-0.1, -0.05) is 43.9 Å². The standard InChI is InChI=1S/C17H22Cl2N2/c1-11-7-4-3-5-10-15(11)21-16-13(19)8-6-9-14(16)20-17(21)12(2)18/h6,8-9,11-12,15H,3-5,7,10H2,1-2H3. The van der Waals surface area contributed by atoms with E-state index in [-0.39, 0.29) is 5.38 Å². The summed E-state index contributed by atoms with van der Waals surface area (Å²) in [6.45, 7) is 4.34. The number of hydrogen-bond acceptors (Lipinski definition) is 1. The van der Waals surface area contributed by atoms with Crippen molar-refractivity contribution in [2.45, 2.75) is 57.4 Å². The van der Waals surface area contributed by atoms with E-state index in [1.807, 2.05) is 25.1 Å². The fourth-order valence-corrected chi connectivity index (χ4v) is 4.01. The highest BCUT2D eigenvalue weighted by Gasteiger charge is 2.27. The molecule has 2 nitrogen and oxygen atoms in total. The van der Waals surface area contributed by atoms with E-state index in [4.69, 9.17) is 28.2 Å². The van der Waals surface area contributed by atoms with Gasteiger partial charge in [0.25, 0.3) is 0 Å². The van der Waals surface area contributed by atoms with E-state index < -0.39 is 0 Å². The molecule has 21 heavy (non-hydrogen) atoms. The van der Waals surface area contributed by atoms with Crippen molar-refractivity contribution < 1.29 is 0 Å². The third kappa shape index (κ3) is 2.80. The predicted molar refractivity (Wildman–Crippen MR) is 90.3 cm³/mol. The van der Waals surface area contributed by atoms with Crippen LogP contribution in [0.4, 0.5) is 0 Å². The van der Waals surface area contributed by atoms with Crippen LogP contribution in [0.3, 0.4) is 0 Å². The number of nitrogens with zero attached hydrogens (tertiary/aromatic N) is 2. The van der Waals surface area contributed by atoms with Crippen LogP contribution in [-0.2, 0) is 0 Å². The Balaban J connectivity index is 2.20. The average molecular weight is 325 g/mol. The lowest BCUT2D eigenvalue weighted by atomic mass is 9.96. The molecule has 1 saturated carbocycles. The van der Waals surface area contributed by atoms with Gasteiger partial charge in [-0.15, -0.1) is 11.6 Å². The molecule has 1 fully saturated rings. The van der Waals surface area contributed by atoms with Gasteiger partial charge in [-0.3, -0.25) is 0 Å². The minimum absolute atomic E-state index is 0.107. The molecule has 1 aliphatic carbocycles. The maximum Gasteiger partial charge on any atom is 0.128 e. The van der Waals surface area contributed by atoms with Gasteiger partial charge in [-0.05, 0) is 37.8 Å². The first-order valence-electron chi connectivity index (χ1n) is 7.90. The van der Waals surface area contributed by atoms with Crippen molar-refractivity contribution in [3.8, 4) is 0 Å². The Morgan fingerprint density at radius 2 is 2.00 bits per heavy atom. The zero-order valence-corrected chi connectivity index (χ0v) is 14.2. The number of aromatic nitrogens is 2. The van der Waals surface area contributed by atoms with E-state index in [0.717, 1.165) is 21.9 Å². The van der Waals surface area contributed by atoms with Crippen LogP contribution in [0.1, 0.15) is 63.2 Å². The highest BCUT2D eigenvalue weighted by atomic mass is 35.5. The van der Waals surface area contributed by atoms with Crippen molar-refractivity contribution in [1.29, 1.82) is 0 Å². The summed E-state index contributed by atoms with van der Waals surface area (Å²) in [6.07, 6.45) is 6.38. The van der Waals surface area contributed by atoms with Crippen molar-refractivity contribution in [1.82, 2.24) is 9.55 Å². The Hall–Kier alpha value is -0.730. The normalized spacial score (nSPS) is 25.0. The SMILES string of the molecule is CC(Cl)c1nc2cccc(Cl)c2n1C1CCCCCC1C. The molecular formula is C17H22Cl2N2. The third-order valence-corrected chi connectivity index (χ3v) is 5.19. The number of hydrogen-bond donors (Lipinski definition) is 0. The Labute approximate surface area is 136 Å². The van der Waals surface area contributed by atoms with Crippen LogP contribution in [0, 0.1) is 5.92 Å². The molecule has 114 valence electrons. The van der Waals surface area contributed by atoms with Crippen LogP contribution in [0.15, 0.2) is 18.2 Å². The molecule has 0 N–H and O–H groups in total. The molecule has 1 aliphatic rings. The highest BCUT2D eigenvalue weighted by Crippen LogP contribution is 2.39. The maximum absolute atomic E-state index is 6.48. The molecule has 0 spiro atoms. The largest absolute Gasteiger partial charge is 0.322 e. The molecule has 0 bridgehead atoms. The fraction of sp³-hybridized carbons (Fsp3) is 0.588. The van der Waals surface area contributed by atoms with E-state index in [1.54, 1.807) is 0 Å². The molecular weight excluding hydrogens is 303 g/mol. The van der Waals surface area contributed by atoms with E-state index >= 15 is 0 Å². The Bertz CT molecular complexity index is 633. The molecule has 3 atom stereocenters. The molecule has 2 aromatic rings. The Kier molecular flexibility index (Phi) is 4.46. The molecule has 3 rings (SSSR count). The smallest absolute Gasteiger partial charge is 0.128 e. The zero-order valence-electron chi connectivity index (χ0n) is 12.6. The van der Waals surface area contributed by atoms with Crippen molar-refractivity contribution in [2.75, 3.05) is 0 Å². The number of rotatable bonds is 2. The van der Waals surface area contributed by atoms with Gasteiger partial charge in [0.05, 0.1) is 21.4 Å². The van der Waals surface area contributed by atoms with Crippen LogP contribution < -0.4 is 0 Å². The second-order valence-electron chi connectivity index (χ2n) is 6.25. The van der Waals surface area contributed by atoms with Crippen molar-refractivity contribution >= 4 is 34.2 Å². The summed E-state index contributed by atoms with van der Waals surface area (Å²) < 4.78 is 2.34. The van der Waals surface area contributed by atoms with Crippen LogP contribution in [-0.4, -0.2) is 9.55 Å². The van der Waals surface area contributed by atoms with Gasteiger partial charge in [0.1, 0.15) is 5.82 Å². The Morgan fingerprint density at radius 3 is 2.76 bits per heavy atom. The van der Waals surface area contributed by atoms with E-state index in [2.05, 4.69) is 11.5 Å². The predicted octanol–water partition coefficient (Wildman–Crippen LogP) is 6.13. The second-order valence-corrected chi connectivity index (χ2v) is 7.31. The van der Waals surface area contributed by atoms with Crippen LogP contribution in [0.5, 0.6) is 0 Å². The van der Waals surface area contributed by atoms with Gasteiger partial charge in [0.2, 0.25) is 0 Å². The highest BCUT2D eigenvalue weighted by molar-refractivity contribution is 6.35. The van der Waals surface area contributed by atoms with Gasteiger partial charge >= 0.3 is 0 Å². The van der Waals surface area contributed by atoms with Crippen LogP contribution >= 0.6 is 23.2 Å². The molecule has 1 aromatic carbocycles. The molecule has 0 radical (unpaired) electrons. The van der Waals surface area contributed by atoms with Gasteiger partial charge in [0.15, 0.2) is 0 Å². The van der Waals surface area contributed by atoms with E-state index in [1.165, 1.54) is 32.1 Å². The number of halogens is 2. The molecule has 0 aliphatic heterocycles. The van der Waals surface area contributed by atoms with Gasteiger partial charge in [-0.25, -0.2) is 4.98 Å². The summed E-state index contributed by atoms with van der Waals surface area (Å²) in [6, 6.07) is 6.39. The van der Waals surface area contributed by atoms with Crippen LogP contribution in [0.25, 0.3) is 11.0 Å². The first kappa shape index (κ1) is 15.2. The van der Waals surface area contributed by atoms with Crippen molar-refractivity contribution in [3.05, 3.63) is 29.0 Å². The average Bonchev–Trinajstić information content (AvgIpc) is 2.71. The van der Waals surface area contributed by atoms with Crippen LogP contribution in [0.2, 0.25) is 5.02 Å². The van der Waals surface area contributed by atoms with Gasteiger partial charge < -0.3 is 4.57 Å². The lowest BCUT2D eigenvalue weighted by Gasteiger charge is -2.26. The summed E-state index contributed by atoms with van der Waals surface area (Å²) in [4.78, 5) is 4.76. The second kappa shape index (κ2) is 6.18. The molecule has 1 aromatic heterocycles. The number of benzene rings is 1. The van der Waals surface area contributed by atoms with Crippen molar-refractivity contribution in [3.63, 3.8) is 0 Å². The summed E-state index contributed by atoms with van der Waals surface area (Å²) in [7, 11) is 0. The third-order valence-electron chi connectivity index (χ3n) is 4.69. The van der Waals surface area contributed by atoms with Gasteiger partial charge in [0, 0.05) is 6.04 Å². The first-order valence-corrected chi connectivity index (χ1v) is 8.71. The summed E-state index contributed by atoms with van der Waals surface area (Å²) in [5.74, 6) is 1.59. The number of fused-ring (bicyclic) bond motifs is 1. The fourth-order valence-electron chi connectivity index (χ4n) is 3.60. The quantitative estimate of drug-likeness (QED) is 0.479. The zero-order chi connectivity index (χ0) is 15.0. The molecule has 0 amide bonds.